The summed E-state index contributed by atoms with van der Waals surface area (Å²) in [4.78, 5) is 183. The normalized spacial score (nSPS) is 23.2. The maximum atomic E-state index is 15.3. The highest BCUT2D eigenvalue weighted by atomic mass is 16.3. The van der Waals surface area contributed by atoms with E-state index in [-0.39, 0.29) is 37.5 Å². The average Bonchev–Trinajstić information content (AvgIpc) is 1.24. The van der Waals surface area contributed by atoms with Gasteiger partial charge in [-0.2, -0.15) is 0 Å². The summed E-state index contributed by atoms with van der Waals surface area (Å²) < 4.78 is 0. The van der Waals surface area contributed by atoms with Crippen molar-refractivity contribution < 1.29 is 62.6 Å². The van der Waals surface area contributed by atoms with Crippen molar-refractivity contribution in [3.05, 3.63) is 108 Å². The van der Waals surface area contributed by atoms with Crippen molar-refractivity contribution in [2.75, 3.05) is 68.5 Å². The van der Waals surface area contributed by atoms with Crippen LogP contribution in [0, 0.1) is 11.8 Å². The van der Waals surface area contributed by atoms with Crippen LogP contribution in [0.3, 0.4) is 0 Å². The lowest BCUT2D eigenvalue weighted by molar-refractivity contribution is -0.153. The third-order valence-corrected chi connectivity index (χ3v) is 17.0. The molecule has 6 N–H and O–H groups in total. The number of likely N-dealkylation sites (N-methyl/N-ethyl adjacent to an activating group) is 6. The van der Waals surface area contributed by atoms with Gasteiger partial charge in [-0.25, -0.2) is 0 Å². The van der Waals surface area contributed by atoms with Gasteiger partial charge >= 0.3 is 0 Å². The number of benzene rings is 3. The smallest absolute Gasteiger partial charge is 0.248 e. The predicted octanol–water partition coefficient (Wildman–Crippen LogP) is 0.902. The number of piperidine rings is 1. The van der Waals surface area contributed by atoms with E-state index in [2.05, 4.69) is 26.6 Å². The van der Waals surface area contributed by atoms with E-state index in [0.717, 1.165) is 38.9 Å². The SMILES string of the molecule is CC(C)C[C@H]1C(=O)N(C)[C@@H](Cc2ccccc2)C(=O)N(C)[C@@H](C)C(=O)N[C@@H](Cc2ccccc2)C(=O)N[C@H](C(=O)N(C)[C@@H](Cc2ccccc2)C(=O)N[C@@H](C)C(=O)N2CCCCC2)CC(=O)N(C)CC(=O)N[C@@H]([C@@H](C)O)C(=O)N(C)CC(=O)N[C@@H](C(C)C)C(=O)N1C. The molecule has 2 fully saturated rings. The lowest BCUT2D eigenvalue weighted by Crippen LogP contribution is -2.61. The molecule has 0 spiro atoms. The van der Waals surface area contributed by atoms with Crippen LogP contribution in [0.1, 0.15) is 97.3 Å². The van der Waals surface area contributed by atoms with E-state index in [1.807, 2.05) is 13.8 Å². The molecule has 25 nitrogen and oxygen atoms in total. The molecule has 92 heavy (non-hydrogen) atoms. The van der Waals surface area contributed by atoms with Crippen molar-refractivity contribution in [3.8, 4) is 0 Å². The summed E-state index contributed by atoms with van der Waals surface area (Å²) in [5.74, 6) is -10.1. The monoisotopic (exact) mass is 1280 g/mol. The van der Waals surface area contributed by atoms with Crippen LogP contribution in [0.15, 0.2) is 91.0 Å². The van der Waals surface area contributed by atoms with Crippen molar-refractivity contribution in [2.24, 2.45) is 11.8 Å². The van der Waals surface area contributed by atoms with Crippen LogP contribution in [0.5, 0.6) is 0 Å². The molecule has 0 radical (unpaired) electrons. The second kappa shape index (κ2) is 34.6. The lowest BCUT2D eigenvalue weighted by Gasteiger charge is -2.38. The third kappa shape index (κ3) is 20.6. The number of rotatable bonds is 15. The van der Waals surface area contributed by atoms with Gasteiger partial charge in [0.15, 0.2) is 0 Å². The van der Waals surface area contributed by atoms with Gasteiger partial charge in [0.25, 0.3) is 0 Å². The second-order valence-corrected chi connectivity index (χ2v) is 25.2. The number of aliphatic hydroxyl groups is 1. The van der Waals surface area contributed by atoms with Gasteiger partial charge in [0.1, 0.15) is 54.4 Å². The minimum Gasteiger partial charge on any atom is -0.391 e. The van der Waals surface area contributed by atoms with E-state index < -0.39 is 151 Å². The molecular weight excluding hydrogens is 1180 g/mol. The Labute approximate surface area is 540 Å². The molecule has 0 aliphatic carbocycles. The molecule has 10 atom stereocenters. The number of hydrogen-bond acceptors (Lipinski definition) is 13. The highest BCUT2D eigenvalue weighted by Gasteiger charge is 2.42. The van der Waals surface area contributed by atoms with E-state index in [4.69, 9.17) is 0 Å². The second-order valence-electron chi connectivity index (χ2n) is 25.2. The number of amides is 12. The fourth-order valence-electron chi connectivity index (χ4n) is 11.2. The predicted molar refractivity (Wildman–Crippen MR) is 344 cm³/mol. The fourth-order valence-corrected chi connectivity index (χ4v) is 11.2. The van der Waals surface area contributed by atoms with E-state index in [0.29, 0.717) is 29.8 Å². The zero-order chi connectivity index (χ0) is 68.3. The Morgan fingerprint density at radius 2 is 1.09 bits per heavy atom. The van der Waals surface area contributed by atoms with Gasteiger partial charge < -0.3 is 66.0 Å². The summed E-state index contributed by atoms with van der Waals surface area (Å²) in [5.41, 5.74) is 1.83. The molecule has 3 aromatic carbocycles. The molecule has 3 aromatic rings. The van der Waals surface area contributed by atoms with Gasteiger partial charge in [0.2, 0.25) is 70.9 Å². The number of aliphatic hydroxyl groups excluding tert-OH is 1. The van der Waals surface area contributed by atoms with Crippen LogP contribution in [0.4, 0.5) is 0 Å². The molecule has 502 valence electrons. The van der Waals surface area contributed by atoms with Gasteiger partial charge in [-0.05, 0) is 75.0 Å². The molecule has 0 unspecified atom stereocenters. The average molecular weight is 1280 g/mol. The fraction of sp³-hybridized carbons (Fsp3) is 0.552. The Hall–Kier alpha value is -8.74. The summed E-state index contributed by atoms with van der Waals surface area (Å²) in [5, 5.41) is 24.3. The number of carbonyl (C=O) groups excluding carboxylic acids is 12. The lowest BCUT2D eigenvalue weighted by atomic mass is 9.96. The zero-order valence-corrected chi connectivity index (χ0v) is 55.6. The Kier molecular flexibility index (Phi) is 27.8. The maximum Gasteiger partial charge on any atom is 0.248 e. The van der Waals surface area contributed by atoms with Crippen molar-refractivity contribution in [1.82, 2.24) is 60.9 Å². The molecular formula is C67H96N12O13. The van der Waals surface area contributed by atoms with Crippen LogP contribution >= 0.6 is 0 Å². The van der Waals surface area contributed by atoms with Crippen LogP contribution < -0.4 is 26.6 Å². The van der Waals surface area contributed by atoms with Crippen molar-refractivity contribution in [1.29, 1.82) is 0 Å². The molecule has 0 bridgehead atoms. The largest absolute Gasteiger partial charge is 0.391 e. The van der Waals surface area contributed by atoms with Crippen molar-refractivity contribution in [2.45, 2.75) is 160 Å². The molecule has 2 heterocycles. The van der Waals surface area contributed by atoms with Crippen LogP contribution in [0.2, 0.25) is 0 Å². The van der Waals surface area contributed by atoms with Crippen LogP contribution in [-0.2, 0) is 76.8 Å². The Balaban J connectivity index is 1.63. The summed E-state index contributed by atoms with van der Waals surface area (Å²) in [7, 11) is 8.01. The number of nitrogens with zero attached hydrogens (tertiary/aromatic N) is 7. The summed E-state index contributed by atoms with van der Waals surface area (Å²) >= 11 is 0. The number of carbonyl (C=O) groups is 12. The molecule has 2 aliphatic heterocycles. The minimum absolute atomic E-state index is 0.0381. The van der Waals surface area contributed by atoms with Gasteiger partial charge in [-0.3, -0.25) is 57.5 Å². The molecule has 2 aliphatic rings. The molecule has 0 saturated carbocycles. The Morgan fingerprint density at radius 3 is 1.62 bits per heavy atom. The highest BCUT2D eigenvalue weighted by molar-refractivity contribution is 6.00. The molecule has 25 heteroatoms. The van der Waals surface area contributed by atoms with Crippen LogP contribution in [-0.4, -0.2) is 239 Å². The summed E-state index contributed by atoms with van der Waals surface area (Å²) in [6, 6.07) is 13.7. The minimum atomic E-state index is -1.82. The van der Waals surface area contributed by atoms with E-state index in [9.17, 15) is 43.5 Å². The third-order valence-electron chi connectivity index (χ3n) is 17.0. The summed E-state index contributed by atoms with van der Waals surface area (Å²) in [6.45, 7) is 10.9. The van der Waals surface area contributed by atoms with Crippen LogP contribution in [0.25, 0.3) is 0 Å². The van der Waals surface area contributed by atoms with Gasteiger partial charge in [0, 0.05) is 74.6 Å². The van der Waals surface area contributed by atoms with Crippen molar-refractivity contribution >= 4 is 70.9 Å². The van der Waals surface area contributed by atoms with Gasteiger partial charge in [-0.15, -0.1) is 0 Å². The first-order valence-corrected chi connectivity index (χ1v) is 31.6. The number of hydrogen-bond donors (Lipinski definition) is 6. The van der Waals surface area contributed by atoms with E-state index in [1.54, 1.807) is 117 Å². The number of likely N-dealkylation sites (tertiary alicyclic amines) is 1. The first kappa shape index (κ1) is 74.0. The Morgan fingerprint density at radius 1 is 0.587 bits per heavy atom. The topological polar surface area (TPSA) is 308 Å². The van der Waals surface area contributed by atoms with Gasteiger partial charge in [0.05, 0.1) is 25.6 Å². The van der Waals surface area contributed by atoms with E-state index in [1.165, 1.54) is 65.9 Å². The standard InChI is InChI=1S/C67H96N12O13/c1-41(2)34-52-65(90)77(12)53(37-48-30-22-16-23-31-48)64(89)75(10)44(6)59(84)69-49(35-46-26-18-14-19-27-46)60(85)70-50(63(88)76(11)51(36-47-28-20-15-21-29-47)61(86)68-43(5)62(87)79-32-24-17-25-33-79)38-56(83)73(8)39-54(81)72-58(45(7)80)66(91)74(9)40-55(82)71-57(42(3)4)67(92)78(52)13/h14-16,18-23,26-31,41-45,49-53,57-58,80H,17,24-25,32-40H2,1-13H3,(H,68,86)(H,69,84)(H,70,85)(H,71,82)(H,72,81)/t43-,44-,45+,49-,50-,51-,52-,53-,57-,58-/m0/s1. The highest BCUT2D eigenvalue weighted by Crippen LogP contribution is 2.22. The Bertz CT molecular complexity index is 3060. The molecule has 2 saturated heterocycles. The molecule has 12 amide bonds. The molecule has 5 rings (SSSR count). The summed E-state index contributed by atoms with van der Waals surface area (Å²) in [6.07, 6.45) is -0.0253. The molecule has 0 aromatic heterocycles. The quantitative estimate of drug-likeness (QED) is 0.123. The van der Waals surface area contributed by atoms with Crippen molar-refractivity contribution in [3.63, 3.8) is 0 Å². The zero-order valence-electron chi connectivity index (χ0n) is 55.6. The maximum absolute atomic E-state index is 15.3. The van der Waals surface area contributed by atoms with E-state index >= 15 is 19.2 Å². The van der Waals surface area contributed by atoms with Gasteiger partial charge in [-0.1, -0.05) is 119 Å². The number of nitrogens with one attached hydrogen (secondary N) is 5. The first-order chi connectivity index (χ1) is 43.4. The first-order valence-electron chi connectivity index (χ1n) is 31.6.